The van der Waals surface area contributed by atoms with Gasteiger partial charge in [-0.3, -0.25) is 9.59 Å². The van der Waals surface area contributed by atoms with Crippen LogP contribution in [0, 0.1) is 5.92 Å². The SMILES string of the molecule is CCCN(CC(=O)NC)C(=O)[C@@H](N)C(C)CC. The summed E-state index contributed by atoms with van der Waals surface area (Å²) >= 11 is 0. The molecule has 0 fully saturated rings. The Morgan fingerprint density at radius 2 is 1.94 bits per heavy atom. The van der Waals surface area contributed by atoms with E-state index in [9.17, 15) is 9.59 Å². The van der Waals surface area contributed by atoms with Crippen LogP contribution in [0.2, 0.25) is 0 Å². The minimum absolute atomic E-state index is 0.0906. The third-order valence-corrected chi connectivity index (χ3v) is 2.96. The molecule has 100 valence electrons. The third kappa shape index (κ3) is 5.17. The molecule has 0 rings (SSSR count). The van der Waals surface area contributed by atoms with E-state index in [-0.39, 0.29) is 24.3 Å². The number of nitrogens with zero attached hydrogens (tertiary/aromatic N) is 1. The van der Waals surface area contributed by atoms with E-state index in [1.807, 2.05) is 20.8 Å². The van der Waals surface area contributed by atoms with Crippen LogP contribution in [0.1, 0.15) is 33.6 Å². The molecular formula is C12H25N3O2. The van der Waals surface area contributed by atoms with Gasteiger partial charge in [-0.2, -0.15) is 0 Å². The lowest BCUT2D eigenvalue weighted by Gasteiger charge is -2.27. The number of hydrogen-bond donors (Lipinski definition) is 2. The number of likely N-dealkylation sites (N-methyl/N-ethyl adjacent to an activating group) is 1. The van der Waals surface area contributed by atoms with E-state index in [1.165, 1.54) is 4.90 Å². The van der Waals surface area contributed by atoms with Crippen LogP contribution in [0.5, 0.6) is 0 Å². The quantitative estimate of drug-likeness (QED) is 0.677. The molecule has 0 heterocycles. The lowest BCUT2D eigenvalue weighted by Crippen LogP contribution is -2.50. The number of rotatable bonds is 7. The van der Waals surface area contributed by atoms with Crippen LogP contribution >= 0.6 is 0 Å². The average molecular weight is 243 g/mol. The van der Waals surface area contributed by atoms with Crippen molar-refractivity contribution in [2.45, 2.75) is 39.7 Å². The van der Waals surface area contributed by atoms with Gasteiger partial charge < -0.3 is 16.0 Å². The van der Waals surface area contributed by atoms with Gasteiger partial charge in [0.2, 0.25) is 11.8 Å². The molecule has 3 N–H and O–H groups in total. The molecular weight excluding hydrogens is 218 g/mol. The van der Waals surface area contributed by atoms with E-state index in [2.05, 4.69) is 5.32 Å². The molecule has 0 aromatic carbocycles. The molecule has 5 heteroatoms. The van der Waals surface area contributed by atoms with Gasteiger partial charge in [0.25, 0.3) is 0 Å². The van der Waals surface area contributed by atoms with Crippen LogP contribution in [0.4, 0.5) is 0 Å². The second kappa shape index (κ2) is 8.06. The highest BCUT2D eigenvalue weighted by molar-refractivity contribution is 5.87. The lowest BCUT2D eigenvalue weighted by atomic mass is 9.99. The molecule has 0 bridgehead atoms. The Morgan fingerprint density at radius 1 is 1.35 bits per heavy atom. The average Bonchev–Trinajstić information content (AvgIpc) is 2.35. The Kier molecular flexibility index (Phi) is 7.54. The van der Waals surface area contributed by atoms with Gasteiger partial charge in [-0.05, 0) is 12.3 Å². The molecule has 0 aromatic rings. The van der Waals surface area contributed by atoms with Gasteiger partial charge in [0.15, 0.2) is 0 Å². The van der Waals surface area contributed by atoms with E-state index in [4.69, 9.17) is 5.73 Å². The first-order valence-electron chi connectivity index (χ1n) is 6.22. The summed E-state index contributed by atoms with van der Waals surface area (Å²) in [5.74, 6) is -0.167. The van der Waals surface area contributed by atoms with Crippen LogP contribution in [-0.4, -0.2) is 42.9 Å². The zero-order valence-electron chi connectivity index (χ0n) is 11.3. The van der Waals surface area contributed by atoms with Gasteiger partial charge in [0.05, 0.1) is 12.6 Å². The molecule has 17 heavy (non-hydrogen) atoms. The van der Waals surface area contributed by atoms with E-state index in [0.29, 0.717) is 6.54 Å². The van der Waals surface area contributed by atoms with Crippen molar-refractivity contribution in [2.75, 3.05) is 20.1 Å². The standard InChI is InChI=1S/C12H25N3O2/c1-5-7-15(8-10(16)14-4)12(17)11(13)9(3)6-2/h9,11H,5-8,13H2,1-4H3,(H,14,16)/t9?,11-/m0/s1. The topological polar surface area (TPSA) is 75.4 Å². The van der Waals surface area contributed by atoms with Crippen molar-refractivity contribution in [1.82, 2.24) is 10.2 Å². The number of hydrogen-bond acceptors (Lipinski definition) is 3. The highest BCUT2D eigenvalue weighted by atomic mass is 16.2. The summed E-state index contributed by atoms with van der Waals surface area (Å²) in [4.78, 5) is 25.0. The lowest BCUT2D eigenvalue weighted by molar-refractivity contribution is -0.137. The van der Waals surface area contributed by atoms with Crippen molar-refractivity contribution in [3.63, 3.8) is 0 Å². The molecule has 0 radical (unpaired) electrons. The van der Waals surface area contributed by atoms with Gasteiger partial charge in [0, 0.05) is 13.6 Å². The highest BCUT2D eigenvalue weighted by Crippen LogP contribution is 2.08. The fourth-order valence-corrected chi connectivity index (χ4v) is 1.50. The molecule has 2 atom stereocenters. The van der Waals surface area contributed by atoms with Crippen LogP contribution in [-0.2, 0) is 9.59 Å². The predicted molar refractivity (Wildman–Crippen MR) is 68.4 cm³/mol. The summed E-state index contributed by atoms with van der Waals surface area (Å²) < 4.78 is 0. The monoisotopic (exact) mass is 243 g/mol. The Morgan fingerprint density at radius 3 is 2.35 bits per heavy atom. The van der Waals surface area contributed by atoms with Crippen molar-refractivity contribution in [2.24, 2.45) is 11.7 Å². The fraction of sp³-hybridized carbons (Fsp3) is 0.833. The Hall–Kier alpha value is -1.10. The van der Waals surface area contributed by atoms with Gasteiger partial charge in [-0.1, -0.05) is 27.2 Å². The first kappa shape index (κ1) is 15.9. The zero-order chi connectivity index (χ0) is 13.4. The summed E-state index contributed by atoms with van der Waals surface area (Å²) in [6.45, 7) is 6.58. The van der Waals surface area contributed by atoms with Crippen LogP contribution in [0.15, 0.2) is 0 Å². The maximum Gasteiger partial charge on any atom is 0.240 e. The van der Waals surface area contributed by atoms with Gasteiger partial charge in [0.1, 0.15) is 0 Å². The zero-order valence-corrected chi connectivity index (χ0v) is 11.3. The number of carbonyl (C=O) groups is 2. The summed E-state index contributed by atoms with van der Waals surface area (Å²) in [7, 11) is 1.56. The van der Waals surface area contributed by atoms with Gasteiger partial charge in [-0.25, -0.2) is 0 Å². The number of amides is 2. The second-order valence-corrected chi connectivity index (χ2v) is 4.34. The number of nitrogens with two attached hydrogens (primary N) is 1. The number of nitrogens with one attached hydrogen (secondary N) is 1. The van der Waals surface area contributed by atoms with E-state index < -0.39 is 6.04 Å². The minimum Gasteiger partial charge on any atom is -0.358 e. The molecule has 0 aromatic heterocycles. The summed E-state index contributed by atoms with van der Waals surface area (Å²) in [6, 6.07) is -0.517. The molecule has 0 spiro atoms. The first-order valence-corrected chi connectivity index (χ1v) is 6.22. The summed E-state index contributed by atoms with van der Waals surface area (Å²) in [6.07, 6.45) is 1.67. The van der Waals surface area contributed by atoms with Crippen molar-refractivity contribution in [3.05, 3.63) is 0 Å². The molecule has 0 aliphatic carbocycles. The predicted octanol–water partition coefficient (Wildman–Crippen LogP) is 0.344. The molecule has 0 aliphatic rings. The Balaban J connectivity index is 4.57. The maximum atomic E-state index is 12.1. The number of carbonyl (C=O) groups excluding carboxylic acids is 2. The van der Waals surface area contributed by atoms with E-state index in [1.54, 1.807) is 7.05 Å². The summed E-state index contributed by atoms with van der Waals surface area (Å²) in [5, 5.41) is 2.52. The molecule has 2 amide bonds. The smallest absolute Gasteiger partial charge is 0.240 e. The summed E-state index contributed by atoms with van der Waals surface area (Å²) in [5.41, 5.74) is 5.90. The largest absolute Gasteiger partial charge is 0.358 e. The van der Waals surface area contributed by atoms with Crippen molar-refractivity contribution >= 4 is 11.8 Å². The maximum absolute atomic E-state index is 12.1. The minimum atomic E-state index is -0.517. The van der Waals surface area contributed by atoms with Crippen molar-refractivity contribution in [1.29, 1.82) is 0 Å². The van der Waals surface area contributed by atoms with E-state index >= 15 is 0 Å². The van der Waals surface area contributed by atoms with Crippen LogP contribution < -0.4 is 11.1 Å². The normalized spacial score (nSPS) is 13.9. The molecule has 0 saturated carbocycles. The molecule has 5 nitrogen and oxygen atoms in total. The van der Waals surface area contributed by atoms with Crippen LogP contribution in [0.25, 0.3) is 0 Å². The van der Waals surface area contributed by atoms with Crippen molar-refractivity contribution < 1.29 is 9.59 Å². The molecule has 0 saturated heterocycles. The highest BCUT2D eigenvalue weighted by Gasteiger charge is 2.25. The second-order valence-electron chi connectivity index (χ2n) is 4.34. The first-order chi connectivity index (χ1) is 7.97. The molecule has 0 aliphatic heterocycles. The van der Waals surface area contributed by atoms with Gasteiger partial charge in [-0.15, -0.1) is 0 Å². The Labute approximate surface area is 104 Å². The third-order valence-electron chi connectivity index (χ3n) is 2.96. The Bertz CT molecular complexity index is 256. The molecule has 1 unspecified atom stereocenters. The van der Waals surface area contributed by atoms with Crippen molar-refractivity contribution in [3.8, 4) is 0 Å². The van der Waals surface area contributed by atoms with E-state index in [0.717, 1.165) is 12.8 Å². The van der Waals surface area contributed by atoms with Gasteiger partial charge >= 0.3 is 0 Å². The fourth-order valence-electron chi connectivity index (χ4n) is 1.50. The van der Waals surface area contributed by atoms with Crippen LogP contribution in [0.3, 0.4) is 0 Å².